The summed E-state index contributed by atoms with van der Waals surface area (Å²) in [5.74, 6) is -1.35. The molecule has 88 valence electrons. The Balaban J connectivity index is 2.09. The molecule has 1 atom stereocenters. The van der Waals surface area contributed by atoms with Gasteiger partial charge in [0.25, 0.3) is 0 Å². The Morgan fingerprint density at radius 2 is 2.00 bits per heavy atom. The highest BCUT2D eigenvalue weighted by Gasteiger charge is 2.43. The lowest BCUT2D eigenvalue weighted by Crippen LogP contribution is -2.62. The van der Waals surface area contributed by atoms with E-state index in [1.807, 2.05) is 0 Å². The van der Waals surface area contributed by atoms with E-state index in [-0.39, 0.29) is 19.7 Å². The second-order valence-corrected chi connectivity index (χ2v) is 4.09. The van der Waals surface area contributed by atoms with Gasteiger partial charge in [0, 0.05) is 6.61 Å². The summed E-state index contributed by atoms with van der Waals surface area (Å²) in [6.07, 6.45) is 0.415. The van der Waals surface area contributed by atoms with Crippen LogP contribution in [0.1, 0.15) is 6.42 Å². The minimum Gasteiger partial charge on any atom is -0.379 e. The first-order chi connectivity index (χ1) is 7.51. The average molecular weight is 227 g/mol. The fourth-order valence-corrected chi connectivity index (χ4v) is 1.85. The Labute approximate surface area is 91.9 Å². The second kappa shape index (κ2) is 3.84. The van der Waals surface area contributed by atoms with Gasteiger partial charge in [-0.15, -0.1) is 0 Å². The Kier molecular flexibility index (Phi) is 2.64. The molecule has 0 spiro atoms. The predicted octanol–water partition coefficient (Wildman–Crippen LogP) is -2.41. The largest absolute Gasteiger partial charge is 0.379 e. The van der Waals surface area contributed by atoms with Crippen LogP contribution >= 0.6 is 0 Å². The first-order valence-electron chi connectivity index (χ1n) is 5.00. The maximum absolute atomic E-state index is 12.0. The van der Waals surface area contributed by atoms with Gasteiger partial charge in [0.2, 0.25) is 17.7 Å². The van der Waals surface area contributed by atoms with Crippen LogP contribution in [0.2, 0.25) is 0 Å². The first kappa shape index (κ1) is 11.0. The van der Waals surface area contributed by atoms with Crippen molar-refractivity contribution in [2.24, 2.45) is 5.73 Å². The van der Waals surface area contributed by atoms with Gasteiger partial charge in [-0.05, 0) is 6.42 Å². The first-order valence-corrected chi connectivity index (χ1v) is 5.00. The number of carbonyl (C=O) groups excluding carboxylic acids is 3. The Bertz CT molecular complexity index is 333. The summed E-state index contributed by atoms with van der Waals surface area (Å²) >= 11 is 0. The van der Waals surface area contributed by atoms with Gasteiger partial charge in [-0.3, -0.25) is 19.7 Å². The van der Waals surface area contributed by atoms with E-state index in [4.69, 9.17) is 10.5 Å². The molecule has 0 aliphatic carbocycles. The maximum atomic E-state index is 12.0. The minimum atomic E-state index is -1.09. The van der Waals surface area contributed by atoms with E-state index < -0.39 is 23.3 Å². The van der Waals surface area contributed by atoms with Gasteiger partial charge in [0.15, 0.2) is 0 Å². The van der Waals surface area contributed by atoms with Crippen LogP contribution in [0.3, 0.4) is 0 Å². The molecule has 2 saturated heterocycles. The van der Waals surface area contributed by atoms with Crippen LogP contribution < -0.4 is 11.1 Å². The topological polar surface area (TPSA) is 102 Å². The SMILES string of the molecule is NC1(C(=O)N2CC(=O)NC(=O)C2)CCOC1. The molecule has 7 nitrogen and oxygen atoms in total. The number of ether oxygens (including phenoxy) is 1. The molecule has 16 heavy (non-hydrogen) atoms. The zero-order valence-electron chi connectivity index (χ0n) is 8.69. The number of carbonyl (C=O) groups is 3. The summed E-state index contributed by atoms with van der Waals surface area (Å²) in [6.45, 7) is 0.321. The summed E-state index contributed by atoms with van der Waals surface area (Å²) < 4.78 is 5.07. The van der Waals surface area contributed by atoms with Gasteiger partial charge in [0.05, 0.1) is 6.61 Å². The number of nitrogens with two attached hydrogens (primary N) is 1. The fraction of sp³-hybridized carbons (Fsp3) is 0.667. The molecular formula is C9H13N3O4. The monoisotopic (exact) mass is 227 g/mol. The van der Waals surface area contributed by atoms with Crippen molar-refractivity contribution in [1.29, 1.82) is 0 Å². The Hall–Kier alpha value is -1.47. The van der Waals surface area contributed by atoms with Crippen LogP contribution in [0, 0.1) is 0 Å². The van der Waals surface area contributed by atoms with E-state index in [9.17, 15) is 14.4 Å². The van der Waals surface area contributed by atoms with Crippen molar-refractivity contribution >= 4 is 17.7 Å². The molecule has 2 aliphatic rings. The minimum absolute atomic E-state index is 0.122. The highest BCUT2D eigenvalue weighted by molar-refractivity contribution is 6.03. The number of rotatable bonds is 1. The lowest BCUT2D eigenvalue weighted by Gasteiger charge is -2.31. The molecular weight excluding hydrogens is 214 g/mol. The fourth-order valence-electron chi connectivity index (χ4n) is 1.85. The van der Waals surface area contributed by atoms with Crippen LogP contribution in [0.25, 0.3) is 0 Å². The molecule has 7 heteroatoms. The molecule has 2 aliphatic heterocycles. The van der Waals surface area contributed by atoms with E-state index in [2.05, 4.69) is 5.32 Å². The van der Waals surface area contributed by atoms with E-state index in [1.54, 1.807) is 0 Å². The average Bonchev–Trinajstić information content (AvgIpc) is 2.64. The van der Waals surface area contributed by atoms with Gasteiger partial charge in [0.1, 0.15) is 18.6 Å². The van der Waals surface area contributed by atoms with Crippen molar-refractivity contribution in [2.75, 3.05) is 26.3 Å². The molecule has 0 radical (unpaired) electrons. The Morgan fingerprint density at radius 1 is 1.38 bits per heavy atom. The van der Waals surface area contributed by atoms with Crippen LogP contribution in [-0.2, 0) is 19.1 Å². The number of nitrogens with zero attached hydrogens (tertiary/aromatic N) is 1. The third-order valence-corrected chi connectivity index (χ3v) is 2.71. The summed E-state index contributed by atoms with van der Waals surface area (Å²) in [6, 6.07) is 0. The zero-order chi connectivity index (χ0) is 11.8. The number of hydrogen-bond donors (Lipinski definition) is 2. The van der Waals surface area contributed by atoms with Gasteiger partial charge in [-0.25, -0.2) is 0 Å². The highest BCUT2D eigenvalue weighted by atomic mass is 16.5. The van der Waals surface area contributed by atoms with E-state index in [1.165, 1.54) is 4.90 Å². The van der Waals surface area contributed by atoms with Crippen molar-refractivity contribution in [2.45, 2.75) is 12.0 Å². The molecule has 3 N–H and O–H groups in total. The molecule has 0 aromatic rings. The molecule has 2 rings (SSSR count). The third-order valence-electron chi connectivity index (χ3n) is 2.71. The van der Waals surface area contributed by atoms with Crippen LogP contribution in [0.5, 0.6) is 0 Å². The van der Waals surface area contributed by atoms with Crippen molar-refractivity contribution in [1.82, 2.24) is 10.2 Å². The number of amides is 3. The van der Waals surface area contributed by atoms with Crippen molar-refractivity contribution in [3.05, 3.63) is 0 Å². The molecule has 0 saturated carbocycles. The van der Waals surface area contributed by atoms with Crippen LogP contribution in [0.4, 0.5) is 0 Å². The van der Waals surface area contributed by atoms with Gasteiger partial charge in [-0.1, -0.05) is 0 Å². The zero-order valence-corrected chi connectivity index (χ0v) is 8.69. The van der Waals surface area contributed by atoms with Crippen LogP contribution in [-0.4, -0.2) is 54.5 Å². The normalized spacial score (nSPS) is 30.4. The summed E-state index contributed by atoms with van der Waals surface area (Å²) in [5, 5.41) is 2.12. The smallest absolute Gasteiger partial charge is 0.246 e. The summed E-state index contributed by atoms with van der Waals surface area (Å²) in [5.41, 5.74) is 4.78. The van der Waals surface area contributed by atoms with Gasteiger partial charge < -0.3 is 15.4 Å². The highest BCUT2D eigenvalue weighted by Crippen LogP contribution is 2.18. The maximum Gasteiger partial charge on any atom is 0.246 e. The van der Waals surface area contributed by atoms with E-state index in [0.29, 0.717) is 13.0 Å². The standard InChI is InChI=1S/C9H13N3O4/c10-9(1-2-16-5-9)8(15)12-3-6(13)11-7(14)4-12/h1-5,10H2,(H,11,13,14). The molecule has 1 unspecified atom stereocenters. The Morgan fingerprint density at radius 3 is 2.50 bits per heavy atom. The third kappa shape index (κ3) is 1.91. The molecule has 2 heterocycles. The molecule has 0 aromatic carbocycles. The number of piperazine rings is 1. The number of hydrogen-bond acceptors (Lipinski definition) is 5. The molecule has 3 amide bonds. The molecule has 0 bridgehead atoms. The van der Waals surface area contributed by atoms with Crippen molar-refractivity contribution < 1.29 is 19.1 Å². The second-order valence-electron chi connectivity index (χ2n) is 4.09. The molecule has 0 aromatic heterocycles. The number of imide groups is 1. The summed E-state index contributed by atoms with van der Waals surface area (Å²) in [4.78, 5) is 35.4. The van der Waals surface area contributed by atoms with E-state index >= 15 is 0 Å². The quantitative estimate of drug-likeness (QED) is 0.486. The lowest BCUT2D eigenvalue weighted by molar-refractivity contribution is -0.148. The predicted molar refractivity (Wildman–Crippen MR) is 52.1 cm³/mol. The van der Waals surface area contributed by atoms with E-state index in [0.717, 1.165) is 0 Å². The number of nitrogens with one attached hydrogen (secondary N) is 1. The van der Waals surface area contributed by atoms with Crippen molar-refractivity contribution in [3.8, 4) is 0 Å². The molecule has 2 fully saturated rings. The lowest BCUT2D eigenvalue weighted by atomic mass is 9.98. The van der Waals surface area contributed by atoms with Crippen molar-refractivity contribution in [3.63, 3.8) is 0 Å². The summed E-state index contributed by atoms with van der Waals surface area (Å²) in [7, 11) is 0. The van der Waals surface area contributed by atoms with Gasteiger partial charge in [-0.2, -0.15) is 0 Å². The van der Waals surface area contributed by atoms with Crippen LogP contribution in [0.15, 0.2) is 0 Å². The van der Waals surface area contributed by atoms with Gasteiger partial charge >= 0.3 is 0 Å².